The zero-order valence-electron chi connectivity index (χ0n) is 17.9. The van der Waals surface area contributed by atoms with Crippen molar-refractivity contribution in [2.45, 2.75) is 19.4 Å². The third-order valence-electron chi connectivity index (χ3n) is 6.14. The SMILES string of the molecule is CCN(CC)CCN1C(=O)C(O)(c2ccc(-c3ccccc3)cc2)c2c(Br)cccc21. The number of hydrogen-bond acceptors (Lipinski definition) is 3. The molecule has 1 aliphatic heterocycles. The summed E-state index contributed by atoms with van der Waals surface area (Å²) < 4.78 is 0.735. The Labute approximate surface area is 192 Å². The summed E-state index contributed by atoms with van der Waals surface area (Å²) in [6, 6.07) is 23.4. The Hall–Kier alpha value is -2.47. The molecule has 31 heavy (non-hydrogen) atoms. The molecule has 1 heterocycles. The molecule has 4 rings (SSSR count). The van der Waals surface area contributed by atoms with Gasteiger partial charge in [-0.1, -0.05) is 90.4 Å². The molecule has 1 atom stereocenters. The lowest BCUT2D eigenvalue weighted by molar-refractivity contribution is -0.132. The van der Waals surface area contributed by atoms with Crippen molar-refractivity contribution in [3.05, 3.63) is 88.4 Å². The van der Waals surface area contributed by atoms with Crippen LogP contribution in [0.25, 0.3) is 11.1 Å². The van der Waals surface area contributed by atoms with Crippen LogP contribution in [0.1, 0.15) is 25.0 Å². The van der Waals surface area contributed by atoms with Gasteiger partial charge in [0, 0.05) is 23.1 Å². The second-order valence-corrected chi connectivity index (χ2v) is 8.63. The summed E-state index contributed by atoms with van der Waals surface area (Å²) >= 11 is 3.58. The number of halogens is 1. The van der Waals surface area contributed by atoms with Gasteiger partial charge < -0.3 is 14.9 Å². The minimum Gasteiger partial charge on any atom is -0.372 e. The summed E-state index contributed by atoms with van der Waals surface area (Å²) in [4.78, 5) is 17.6. The van der Waals surface area contributed by atoms with Crippen LogP contribution < -0.4 is 4.90 Å². The summed E-state index contributed by atoms with van der Waals surface area (Å²) in [6.45, 7) is 7.38. The molecule has 1 unspecified atom stereocenters. The van der Waals surface area contributed by atoms with E-state index in [1.54, 1.807) is 4.90 Å². The molecule has 5 heteroatoms. The first-order valence-electron chi connectivity index (χ1n) is 10.7. The van der Waals surface area contributed by atoms with Gasteiger partial charge in [-0.2, -0.15) is 0 Å². The fourth-order valence-electron chi connectivity index (χ4n) is 4.31. The first-order chi connectivity index (χ1) is 15.0. The number of nitrogens with zero attached hydrogens (tertiary/aromatic N) is 2. The van der Waals surface area contributed by atoms with Crippen LogP contribution in [-0.2, 0) is 10.4 Å². The van der Waals surface area contributed by atoms with Gasteiger partial charge in [-0.25, -0.2) is 0 Å². The first-order valence-corrected chi connectivity index (χ1v) is 11.5. The molecular weight excluding hydrogens is 452 g/mol. The Morgan fingerprint density at radius 3 is 2.19 bits per heavy atom. The first kappa shape index (κ1) is 21.8. The molecule has 0 saturated carbocycles. The zero-order valence-corrected chi connectivity index (χ0v) is 19.5. The molecule has 1 aliphatic rings. The largest absolute Gasteiger partial charge is 0.372 e. The van der Waals surface area contributed by atoms with E-state index in [0.717, 1.165) is 40.9 Å². The monoisotopic (exact) mass is 478 g/mol. The summed E-state index contributed by atoms with van der Waals surface area (Å²) in [6.07, 6.45) is 0. The summed E-state index contributed by atoms with van der Waals surface area (Å²) in [7, 11) is 0. The molecule has 4 nitrogen and oxygen atoms in total. The lowest BCUT2D eigenvalue weighted by atomic mass is 9.86. The van der Waals surface area contributed by atoms with Crippen molar-refractivity contribution in [3.8, 4) is 11.1 Å². The van der Waals surface area contributed by atoms with Crippen LogP contribution in [0.5, 0.6) is 0 Å². The Morgan fingerprint density at radius 1 is 0.903 bits per heavy atom. The molecule has 0 fully saturated rings. The number of anilines is 1. The van der Waals surface area contributed by atoms with Crippen molar-refractivity contribution < 1.29 is 9.90 Å². The molecule has 0 aliphatic carbocycles. The van der Waals surface area contributed by atoms with E-state index in [0.29, 0.717) is 17.7 Å². The maximum absolute atomic E-state index is 13.6. The van der Waals surface area contributed by atoms with Crippen molar-refractivity contribution in [1.82, 2.24) is 4.90 Å². The molecule has 1 N–H and O–H groups in total. The number of rotatable bonds is 7. The van der Waals surface area contributed by atoms with E-state index in [1.165, 1.54) is 0 Å². The second kappa shape index (κ2) is 8.95. The van der Waals surface area contributed by atoms with Crippen LogP contribution in [0.4, 0.5) is 5.69 Å². The zero-order chi connectivity index (χ0) is 22.0. The third kappa shape index (κ3) is 3.82. The van der Waals surface area contributed by atoms with E-state index in [-0.39, 0.29) is 5.91 Å². The van der Waals surface area contributed by atoms with Crippen LogP contribution in [-0.4, -0.2) is 42.1 Å². The molecule has 3 aromatic carbocycles. The number of carbonyl (C=O) groups excluding carboxylic acids is 1. The molecule has 0 bridgehead atoms. The Morgan fingerprint density at radius 2 is 1.55 bits per heavy atom. The van der Waals surface area contributed by atoms with Gasteiger partial charge in [-0.3, -0.25) is 4.79 Å². The van der Waals surface area contributed by atoms with Crippen LogP contribution >= 0.6 is 15.9 Å². The minimum atomic E-state index is -1.71. The highest BCUT2D eigenvalue weighted by molar-refractivity contribution is 9.10. The summed E-state index contributed by atoms with van der Waals surface area (Å²) in [5.74, 6) is -0.297. The number of amides is 1. The van der Waals surface area contributed by atoms with Gasteiger partial charge in [0.2, 0.25) is 0 Å². The van der Waals surface area contributed by atoms with Gasteiger partial charge >= 0.3 is 0 Å². The fourth-order valence-corrected chi connectivity index (χ4v) is 4.96. The van der Waals surface area contributed by atoms with Gasteiger partial charge in [-0.15, -0.1) is 0 Å². The second-order valence-electron chi connectivity index (χ2n) is 7.77. The van der Waals surface area contributed by atoms with E-state index in [4.69, 9.17) is 0 Å². The van der Waals surface area contributed by atoms with Gasteiger partial charge in [0.25, 0.3) is 5.91 Å². The maximum atomic E-state index is 13.6. The number of fused-ring (bicyclic) bond motifs is 1. The quantitative estimate of drug-likeness (QED) is 0.517. The number of benzene rings is 3. The molecule has 1 amide bonds. The van der Waals surface area contributed by atoms with Crippen molar-refractivity contribution in [2.24, 2.45) is 0 Å². The highest BCUT2D eigenvalue weighted by Crippen LogP contribution is 2.47. The smallest absolute Gasteiger partial charge is 0.268 e. The van der Waals surface area contributed by atoms with Gasteiger partial charge in [0.05, 0.1) is 5.69 Å². The van der Waals surface area contributed by atoms with E-state index in [2.05, 4.69) is 34.7 Å². The van der Waals surface area contributed by atoms with E-state index >= 15 is 0 Å². The van der Waals surface area contributed by atoms with Crippen LogP contribution in [0.15, 0.2) is 77.3 Å². The highest BCUT2D eigenvalue weighted by atomic mass is 79.9. The van der Waals surface area contributed by atoms with Crippen LogP contribution in [0.2, 0.25) is 0 Å². The lowest BCUT2D eigenvalue weighted by Gasteiger charge is -2.26. The number of hydrogen-bond donors (Lipinski definition) is 1. The maximum Gasteiger partial charge on any atom is 0.268 e. The molecule has 0 spiro atoms. The van der Waals surface area contributed by atoms with Crippen LogP contribution in [0, 0.1) is 0 Å². The van der Waals surface area contributed by atoms with Crippen molar-refractivity contribution in [2.75, 3.05) is 31.1 Å². The van der Waals surface area contributed by atoms with Crippen molar-refractivity contribution in [3.63, 3.8) is 0 Å². The predicted octanol–water partition coefficient (Wildman–Crippen LogP) is 5.04. The Balaban J connectivity index is 1.72. The van der Waals surface area contributed by atoms with E-state index < -0.39 is 5.60 Å². The topological polar surface area (TPSA) is 43.8 Å². The highest BCUT2D eigenvalue weighted by Gasteiger charge is 2.52. The third-order valence-corrected chi connectivity index (χ3v) is 6.80. The molecule has 160 valence electrons. The number of carbonyl (C=O) groups is 1. The average Bonchev–Trinajstić information content (AvgIpc) is 3.04. The molecule has 3 aromatic rings. The van der Waals surface area contributed by atoms with Crippen molar-refractivity contribution in [1.29, 1.82) is 0 Å². The Kier molecular flexibility index (Phi) is 6.28. The van der Waals surface area contributed by atoms with Gasteiger partial charge in [0.15, 0.2) is 5.60 Å². The van der Waals surface area contributed by atoms with Crippen LogP contribution in [0.3, 0.4) is 0 Å². The standard InChI is InChI=1S/C26H27BrN2O2/c1-3-28(4-2)17-18-29-23-12-8-11-22(27)24(23)26(31,25(29)30)21-15-13-20(14-16-21)19-9-6-5-7-10-19/h5-16,31H,3-4,17-18H2,1-2H3. The summed E-state index contributed by atoms with van der Waals surface area (Å²) in [5, 5.41) is 11.8. The predicted molar refractivity (Wildman–Crippen MR) is 129 cm³/mol. The van der Waals surface area contributed by atoms with E-state index in [9.17, 15) is 9.90 Å². The number of likely N-dealkylation sites (N-methyl/N-ethyl adjacent to an activating group) is 1. The number of aliphatic hydroxyl groups is 1. The van der Waals surface area contributed by atoms with Crippen molar-refractivity contribution >= 4 is 27.5 Å². The molecule has 0 saturated heterocycles. The average molecular weight is 479 g/mol. The normalized spacial score (nSPS) is 18.0. The van der Waals surface area contributed by atoms with Gasteiger partial charge in [-0.05, 0) is 41.9 Å². The summed E-state index contributed by atoms with van der Waals surface area (Å²) in [5.41, 5.74) is 2.39. The van der Waals surface area contributed by atoms with Gasteiger partial charge in [0.1, 0.15) is 0 Å². The molecule has 0 aromatic heterocycles. The minimum absolute atomic E-state index is 0.297. The lowest BCUT2D eigenvalue weighted by Crippen LogP contribution is -2.44. The van der Waals surface area contributed by atoms with E-state index in [1.807, 2.05) is 72.8 Å². The molecular formula is C26H27BrN2O2. The fraction of sp³-hybridized carbons (Fsp3) is 0.269. The molecule has 0 radical (unpaired) electrons. The Bertz CT molecular complexity index is 1060.